The Labute approximate surface area is 102 Å². The summed E-state index contributed by atoms with van der Waals surface area (Å²) in [4.78, 5) is 23.1. The Balaban J connectivity index is 1.91. The highest BCUT2D eigenvalue weighted by molar-refractivity contribution is 5.81. The zero-order chi connectivity index (χ0) is 12.4. The maximum absolute atomic E-state index is 12.1. The Morgan fingerprint density at radius 3 is 2.29 bits per heavy atom. The molecule has 1 amide bonds. The first-order chi connectivity index (χ1) is 8.09. The highest BCUT2D eigenvalue weighted by Gasteiger charge is 2.37. The summed E-state index contributed by atoms with van der Waals surface area (Å²) in [6, 6.07) is -0.146. The molecule has 0 aromatic rings. The lowest BCUT2D eigenvalue weighted by Gasteiger charge is -2.21. The number of hydrogen-bond acceptors (Lipinski definition) is 2. The Hall–Kier alpha value is -1.06. The van der Waals surface area contributed by atoms with Gasteiger partial charge in [0.2, 0.25) is 5.91 Å². The molecular formula is C13H21NO3. The van der Waals surface area contributed by atoms with Crippen LogP contribution in [-0.4, -0.2) is 23.0 Å². The SMILES string of the molecule is CC1CCCC1C(=O)NC1CCCC1C(=O)O. The monoisotopic (exact) mass is 239 g/mol. The molecule has 2 saturated carbocycles. The summed E-state index contributed by atoms with van der Waals surface area (Å²) in [5.74, 6) is -0.527. The molecule has 17 heavy (non-hydrogen) atoms. The van der Waals surface area contributed by atoms with Crippen molar-refractivity contribution in [2.75, 3.05) is 0 Å². The van der Waals surface area contributed by atoms with Crippen molar-refractivity contribution in [3.8, 4) is 0 Å². The third kappa shape index (κ3) is 2.61. The number of carbonyl (C=O) groups excluding carboxylic acids is 1. The topological polar surface area (TPSA) is 66.4 Å². The van der Waals surface area contributed by atoms with Crippen LogP contribution in [0.1, 0.15) is 45.4 Å². The van der Waals surface area contributed by atoms with Gasteiger partial charge in [-0.15, -0.1) is 0 Å². The first kappa shape index (κ1) is 12.4. The van der Waals surface area contributed by atoms with Gasteiger partial charge in [-0.05, 0) is 31.6 Å². The molecule has 4 heteroatoms. The van der Waals surface area contributed by atoms with Gasteiger partial charge in [0, 0.05) is 12.0 Å². The molecule has 2 N–H and O–H groups in total. The minimum Gasteiger partial charge on any atom is -0.481 e. The van der Waals surface area contributed by atoms with Gasteiger partial charge in [0.25, 0.3) is 0 Å². The standard InChI is InChI=1S/C13H21NO3/c1-8-4-2-5-9(8)12(15)14-11-7-3-6-10(11)13(16)17/h8-11H,2-7H2,1H3,(H,14,15)(H,16,17). The predicted octanol–water partition coefficient (Wildman–Crippen LogP) is 1.79. The normalized spacial score (nSPS) is 37.0. The van der Waals surface area contributed by atoms with Crippen LogP contribution in [0, 0.1) is 17.8 Å². The van der Waals surface area contributed by atoms with Crippen LogP contribution in [0.2, 0.25) is 0 Å². The quantitative estimate of drug-likeness (QED) is 0.789. The summed E-state index contributed by atoms with van der Waals surface area (Å²) in [7, 11) is 0. The van der Waals surface area contributed by atoms with Crippen molar-refractivity contribution in [2.45, 2.75) is 51.5 Å². The summed E-state index contributed by atoms with van der Waals surface area (Å²) in [5.41, 5.74) is 0. The first-order valence-corrected chi connectivity index (χ1v) is 6.62. The van der Waals surface area contributed by atoms with E-state index in [9.17, 15) is 9.59 Å². The molecule has 0 saturated heterocycles. The third-order valence-electron chi connectivity index (χ3n) is 4.36. The van der Waals surface area contributed by atoms with E-state index in [0.29, 0.717) is 12.3 Å². The fraction of sp³-hybridized carbons (Fsp3) is 0.846. The summed E-state index contributed by atoms with van der Waals surface area (Å²) in [5, 5.41) is 12.0. The van der Waals surface area contributed by atoms with Crippen molar-refractivity contribution in [2.24, 2.45) is 17.8 Å². The smallest absolute Gasteiger partial charge is 0.308 e. The summed E-state index contributed by atoms with van der Waals surface area (Å²) in [6.07, 6.45) is 5.60. The third-order valence-corrected chi connectivity index (χ3v) is 4.36. The van der Waals surface area contributed by atoms with E-state index < -0.39 is 5.97 Å². The van der Waals surface area contributed by atoms with Crippen molar-refractivity contribution in [3.63, 3.8) is 0 Å². The average Bonchev–Trinajstić information content (AvgIpc) is 2.86. The van der Waals surface area contributed by atoms with Crippen LogP contribution in [0.5, 0.6) is 0 Å². The van der Waals surface area contributed by atoms with Gasteiger partial charge in [0.1, 0.15) is 0 Å². The van der Waals surface area contributed by atoms with E-state index in [1.165, 1.54) is 0 Å². The van der Waals surface area contributed by atoms with Crippen molar-refractivity contribution < 1.29 is 14.7 Å². The number of rotatable bonds is 3. The van der Waals surface area contributed by atoms with Crippen LogP contribution in [0.4, 0.5) is 0 Å². The van der Waals surface area contributed by atoms with Gasteiger partial charge >= 0.3 is 5.97 Å². The second kappa shape index (κ2) is 5.07. The molecule has 2 fully saturated rings. The van der Waals surface area contributed by atoms with E-state index in [0.717, 1.165) is 32.1 Å². The summed E-state index contributed by atoms with van der Waals surface area (Å²) >= 11 is 0. The maximum atomic E-state index is 12.1. The lowest BCUT2D eigenvalue weighted by atomic mass is 9.96. The summed E-state index contributed by atoms with van der Waals surface area (Å²) in [6.45, 7) is 2.11. The predicted molar refractivity (Wildman–Crippen MR) is 63.4 cm³/mol. The fourth-order valence-corrected chi connectivity index (χ4v) is 3.25. The lowest BCUT2D eigenvalue weighted by Crippen LogP contribution is -2.43. The summed E-state index contributed by atoms with van der Waals surface area (Å²) < 4.78 is 0. The average molecular weight is 239 g/mol. The lowest BCUT2D eigenvalue weighted by molar-refractivity contribution is -0.142. The molecule has 0 aromatic heterocycles. The maximum Gasteiger partial charge on any atom is 0.308 e. The van der Waals surface area contributed by atoms with Gasteiger partial charge in [-0.3, -0.25) is 9.59 Å². The molecule has 2 rings (SSSR count). The number of aliphatic carboxylic acids is 1. The Morgan fingerprint density at radius 1 is 1.06 bits per heavy atom. The number of amides is 1. The molecule has 0 spiro atoms. The minimum absolute atomic E-state index is 0.0770. The molecule has 2 aliphatic carbocycles. The molecular weight excluding hydrogens is 218 g/mol. The molecule has 4 atom stereocenters. The highest BCUT2D eigenvalue weighted by atomic mass is 16.4. The van der Waals surface area contributed by atoms with Crippen molar-refractivity contribution in [1.82, 2.24) is 5.32 Å². The Bertz CT molecular complexity index is 316. The van der Waals surface area contributed by atoms with Crippen LogP contribution >= 0.6 is 0 Å². The van der Waals surface area contributed by atoms with Gasteiger partial charge < -0.3 is 10.4 Å². The van der Waals surface area contributed by atoms with E-state index in [1.807, 2.05) is 0 Å². The van der Waals surface area contributed by atoms with Gasteiger partial charge in [-0.1, -0.05) is 19.8 Å². The van der Waals surface area contributed by atoms with E-state index in [4.69, 9.17) is 5.11 Å². The van der Waals surface area contributed by atoms with Crippen molar-refractivity contribution in [1.29, 1.82) is 0 Å². The second-order valence-electron chi connectivity index (χ2n) is 5.51. The molecule has 4 unspecified atom stereocenters. The zero-order valence-electron chi connectivity index (χ0n) is 10.3. The largest absolute Gasteiger partial charge is 0.481 e. The fourth-order valence-electron chi connectivity index (χ4n) is 3.25. The zero-order valence-corrected chi connectivity index (χ0v) is 10.3. The number of nitrogens with one attached hydrogen (secondary N) is 1. The molecule has 2 aliphatic rings. The molecule has 0 bridgehead atoms. The minimum atomic E-state index is -0.771. The van der Waals surface area contributed by atoms with Crippen molar-refractivity contribution >= 4 is 11.9 Å². The number of carbonyl (C=O) groups is 2. The van der Waals surface area contributed by atoms with Crippen LogP contribution < -0.4 is 5.32 Å². The number of carboxylic acid groups (broad SMARTS) is 1. The Kier molecular flexibility index (Phi) is 3.69. The van der Waals surface area contributed by atoms with Crippen molar-refractivity contribution in [3.05, 3.63) is 0 Å². The van der Waals surface area contributed by atoms with Gasteiger partial charge in [-0.2, -0.15) is 0 Å². The van der Waals surface area contributed by atoms with Crippen LogP contribution in [0.15, 0.2) is 0 Å². The van der Waals surface area contributed by atoms with Gasteiger partial charge in [-0.25, -0.2) is 0 Å². The molecule has 0 aromatic carbocycles. The molecule has 96 valence electrons. The highest BCUT2D eigenvalue weighted by Crippen LogP contribution is 2.32. The van der Waals surface area contributed by atoms with E-state index in [1.54, 1.807) is 0 Å². The number of carboxylic acids is 1. The van der Waals surface area contributed by atoms with Crippen LogP contribution in [0.25, 0.3) is 0 Å². The van der Waals surface area contributed by atoms with Crippen LogP contribution in [-0.2, 0) is 9.59 Å². The van der Waals surface area contributed by atoms with Crippen LogP contribution in [0.3, 0.4) is 0 Å². The van der Waals surface area contributed by atoms with Gasteiger partial charge in [0.15, 0.2) is 0 Å². The molecule has 0 radical (unpaired) electrons. The number of hydrogen-bond donors (Lipinski definition) is 2. The van der Waals surface area contributed by atoms with E-state index >= 15 is 0 Å². The Morgan fingerprint density at radius 2 is 1.71 bits per heavy atom. The molecule has 0 aliphatic heterocycles. The van der Waals surface area contributed by atoms with Gasteiger partial charge in [0.05, 0.1) is 5.92 Å². The first-order valence-electron chi connectivity index (χ1n) is 6.62. The second-order valence-corrected chi connectivity index (χ2v) is 5.51. The van der Waals surface area contributed by atoms with E-state index in [2.05, 4.69) is 12.2 Å². The molecule has 4 nitrogen and oxygen atoms in total. The van der Waals surface area contributed by atoms with E-state index in [-0.39, 0.29) is 23.8 Å². The molecule has 0 heterocycles.